The fourth-order valence-corrected chi connectivity index (χ4v) is 5.26. The molecule has 12 nitrogen and oxygen atoms in total. The number of ether oxygens (including phenoxy) is 5. The van der Waals surface area contributed by atoms with Crippen molar-refractivity contribution in [3.05, 3.63) is 48.2 Å². The van der Waals surface area contributed by atoms with E-state index in [1.165, 1.54) is 25.5 Å². The topological polar surface area (TPSA) is 185 Å². The van der Waals surface area contributed by atoms with E-state index in [9.17, 15) is 35.4 Å². The van der Waals surface area contributed by atoms with Gasteiger partial charge in [0, 0.05) is 12.0 Å². The monoisotopic (exact) mass is 558 g/mol. The van der Waals surface area contributed by atoms with Crippen LogP contribution in [0.15, 0.2) is 42.7 Å². The molecule has 1 saturated carbocycles. The van der Waals surface area contributed by atoms with Crippen molar-refractivity contribution in [1.29, 1.82) is 0 Å². The van der Waals surface area contributed by atoms with Crippen LogP contribution in [0.4, 0.5) is 0 Å². The van der Waals surface area contributed by atoms with Gasteiger partial charge in [-0.2, -0.15) is 0 Å². The Kier molecular flexibility index (Phi) is 8.97. The molecule has 1 aromatic rings. The first-order valence-corrected chi connectivity index (χ1v) is 12.4. The van der Waals surface area contributed by atoms with Gasteiger partial charge in [0.15, 0.2) is 6.29 Å². The summed E-state index contributed by atoms with van der Waals surface area (Å²) in [6.45, 7) is -1.30. The zero-order chi connectivity index (χ0) is 27.6. The minimum Gasteiger partial charge on any atom is -0.497 e. The van der Waals surface area contributed by atoms with Gasteiger partial charge in [0.1, 0.15) is 42.4 Å². The van der Waals surface area contributed by atoms with Crippen molar-refractivity contribution in [2.45, 2.75) is 54.1 Å². The molecular formula is C25H31ClO12. The number of fused-ring (bicyclic) bond motifs is 1. The van der Waals surface area contributed by atoms with Gasteiger partial charge >= 0.3 is 5.97 Å². The van der Waals surface area contributed by atoms with Gasteiger partial charge in [0.2, 0.25) is 6.29 Å². The number of aliphatic hydroxyl groups excluding tert-OH is 5. The highest BCUT2D eigenvalue weighted by Crippen LogP contribution is 2.49. The molecule has 1 aromatic carbocycles. The molecule has 1 saturated heterocycles. The first-order chi connectivity index (χ1) is 18.1. The fourth-order valence-electron chi connectivity index (χ4n) is 4.89. The lowest BCUT2D eigenvalue weighted by Gasteiger charge is -2.44. The highest BCUT2D eigenvalue weighted by atomic mass is 35.5. The second kappa shape index (κ2) is 11.9. The molecule has 0 radical (unpaired) electrons. The number of carbonyl (C=O) groups excluding carboxylic acids is 1. The SMILES string of the molecule is COc1ccc(C=CC(=O)OC[C@@]2(O)[C@H]3[C@H](O[C@@H]4O[C@H](CO)[C@@H](O)[C@H](O)[C@H]4O)OC=C[C@H]3[C@H](O)[C@H]2Cl)cc1. The Bertz CT molecular complexity index is 1020. The quantitative estimate of drug-likeness (QED) is 0.128. The molecule has 1 aliphatic carbocycles. The molecule has 6 N–H and O–H groups in total. The maximum absolute atomic E-state index is 12.4. The third kappa shape index (κ3) is 5.55. The Labute approximate surface area is 223 Å². The van der Waals surface area contributed by atoms with Gasteiger partial charge in [-0.05, 0) is 29.8 Å². The van der Waals surface area contributed by atoms with Crippen molar-refractivity contribution in [2.75, 3.05) is 20.3 Å². The van der Waals surface area contributed by atoms with E-state index in [1.807, 2.05) is 0 Å². The number of methoxy groups -OCH3 is 1. The van der Waals surface area contributed by atoms with Gasteiger partial charge < -0.3 is 54.3 Å². The number of rotatable bonds is 8. The van der Waals surface area contributed by atoms with Crippen molar-refractivity contribution in [3.8, 4) is 5.75 Å². The number of hydrogen-bond donors (Lipinski definition) is 6. The van der Waals surface area contributed by atoms with Gasteiger partial charge in [-0.1, -0.05) is 12.1 Å². The third-order valence-corrected chi connectivity index (χ3v) is 7.70. The number of esters is 1. The molecular weight excluding hydrogens is 528 g/mol. The van der Waals surface area contributed by atoms with Crippen molar-refractivity contribution in [3.63, 3.8) is 0 Å². The first kappa shape index (κ1) is 28.7. The zero-order valence-corrected chi connectivity index (χ0v) is 21.1. The molecule has 0 unspecified atom stereocenters. The summed E-state index contributed by atoms with van der Waals surface area (Å²) in [5.74, 6) is -2.02. The Morgan fingerprint density at radius 1 is 1.08 bits per heavy atom. The average Bonchev–Trinajstić information content (AvgIpc) is 3.13. The van der Waals surface area contributed by atoms with Crippen molar-refractivity contribution < 1.29 is 59.1 Å². The fraction of sp³-hybridized carbons (Fsp3) is 0.560. The van der Waals surface area contributed by atoms with Crippen molar-refractivity contribution in [1.82, 2.24) is 0 Å². The van der Waals surface area contributed by atoms with Crippen LogP contribution in [0.2, 0.25) is 0 Å². The molecule has 210 valence electrons. The van der Waals surface area contributed by atoms with Crippen LogP contribution in [-0.2, 0) is 23.7 Å². The molecule has 0 aromatic heterocycles. The second-order valence-corrected chi connectivity index (χ2v) is 9.84. The molecule has 11 atom stereocenters. The lowest BCUT2D eigenvalue weighted by molar-refractivity contribution is -0.347. The average molecular weight is 559 g/mol. The lowest BCUT2D eigenvalue weighted by Crippen LogP contribution is -2.61. The Morgan fingerprint density at radius 3 is 2.45 bits per heavy atom. The van der Waals surface area contributed by atoms with Crippen LogP contribution in [0.5, 0.6) is 5.75 Å². The maximum atomic E-state index is 12.4. The smallest absolute Gasteiger partial charge is 0.330 e. The summed E-state index contributed by atoms with van der Waals surface area (Å²) in [5.41, 5.74) is -1.34. The van der Waals surface area contributed by atoms with E-state index in [4.69, 9.17) is 35.3 Å². The highest BCUT2D eigenvalue weighted by Gasteiger charge is 2.64. The van der Waals surface area contributed by atoms with Crippen molar-refractivity contribution in [2.24, 2.45) is 11.8 Å². The Balaban J connectivity index is 1.47. The minimum absolute atomic E-state index is 0.628. The van der Waals surface area contributed by atoms with Crippen LogP contribution in [0.3, 0.4) is 0 Å². The minimum atomic E-state index is -2.04. The number of halogens is 1. The number of hydrogen-bond acceptors (Lipinski definition) is 12. The van der Waals surface area contributed by atoms with E-state index in [1.54, 1.807) is 24.3 Å². The summed E-state index contributed by atoms with van der Waals surface area (Å²) in [7, 11) is 1.54. The van der Waals surface area contributed by atoms with Gasteiger partial charge in [-0.25, -0.2) is 4.79 Å². The van der Waals surface area contributed by atoms with E-state index < -0.39 is 85.1 Å². The van der Waals surface area contributed by atoms with Gasteiger partial charge in [0.05, 0.1) is 37.4 Å². The van der Waals surface area contributed by atoms with E-state index in [0.29, 0.717) is 11.3 Å². The molecule has 13 heteroatoms. The van der Waals surface area contributed by atoms with E-state index in [-0.39, 0.29) is 0 Å². The van der Waals surface area contributed by atoms with Crippen LogP contribution in [0, 0.1) is 11.8 Å². The third-order valence-electron chi connectivity index (χ3n) is 7.06. The van der Waals surface area contributed by atoms with Crippen LogP contribution >= 0.6 is 11.6 Å². The molecule has 3 aliphatic rings. The predicted molar refractivity (Wildman–Crippen MR) is 129 cm³/mol. The zero-order valence-electron chi connectivity index (χ0n) is 20.3. The summed E-state index contributed by atoms with van der Waals surface area (Å²) in [5, 5.41) is 60.8. The Morgan fingerprint density at radius 2 is 1.79 bits per heavy atom. The number of benzene rings is 1. The molecule has 38 heavy (non-hydrogen) atoms. The highest BCUT2D eigenvalue weighted by molar-refractivity contribution is 6.22. The van der Waals surface area contributed by atoms with Crippen molar-refractivity contribution >= 4 is 23.6 Å². The van der Waals surface area contributed by atoms with Crippen LogP contribution < -0.4 is 4.74 Å². The molecule has 2 aliphatic heterocycles. The van der Waals surface area contributed by atoms with Crippen LogP contribution in [0.25, 0.3) is 6.08 Å². The predicted octanol–water partition coefficient (Wildman–Crippen LogP) is -1.12. The van der Waals surface area contributed by atoms with E-state index in [2.05, 4.69) is 0 Å². The van der Waals surface area contributed by atoms with Crippen LogP contribution in [0.1, 0.15) is 5.56 Å². The summed E-state index contributed by atoms with van der Waals surface area (Å²) in [6, 6.07) is 6.90. The number of aliphatic hydroxyl groups is 6. The van der Waals surface area contributed by atoms with Gasteiger partial charge in [-0.3, -0.25) is 0 Å². The normalized spacial score (nSPS) is 40.5. The number of alkyl halides is 1. The van der Waals surface area contributed by atoms with E-state index >= 15 is 0 Å². The summed E-state index contributed by atoms with van der Waals surface area (Å²) in [6.07, 6.45) is -5.14. The largest absolute Gasteiger partial charge is 0.497 e. The molecule has 0 bridgehead atoms. The van der Waals surface area contributed by atoms with Gasteiger partial charge in [0.25, 0.3) is 0 Å². The van der Waals surface area contributed by atoms with Crippen LogP contribution in [-0.4, -0.2) is 111 Å². The lowest BCUT2D eigenvalue weighted by atomic mass is 9.84. The first-order valence-electron chi connectivity index (χ1n) is 11.9. The number of carbonyl (C=O) groups is 1. The molecule has 2 fully saturated rings. The maximum Gasteiger partial charge on any atom is 0.330 e. The Hall–Kier alpha value is -2.26. The summed E-state index contributed by atoms with van der Waals surface area (Å²) in [4.78, 5) is 12.4. The van der Waals surface area contributed by atoms with Gasteiger partial charge in [-0.15, -0.1) is 11.6 Å². The molecule has 0 amide bonds. The summed E-state index contributed by atoms with van der Waals surface area (Å²) >= 11 is 6.40. The van der Waals surface area contributed by atoms with E-state index in [0.717, 1.165) is 6.08 Å². The molecule has 4 rings (SSSR count). The second-order valence-electron chi connectivity index (χ2n) is 9.37. The molecule has 2 heterocycles. The summed E-state index contributed by atoms with van der Waals surface area (Å²) < 4.78 is 26.9. The molecule has 0 spiro atoms. The standard InChI is InChI=1S/C25H31ClO12/c1-34-13-5-2-12(3-6-13)4-7-16(28)36-11-25(33)17-14(18(29)22(25)26)8-9-35-23(17)38-24-21(32)20(31)19(30)15(10-27)37-24/h2-9,14-15,17-24,27,29-33H,10-11H2,1H3/t14-,15-,17-,18+,19-,20+,21-,22-,23+,24+,25-/m1/s1.